The third-order valence-corrected chi connectivity index (χ3v) is 5.36. The number of hydrogen-bond acceptors (Lipinski definition) is 3. The van der Waals surface area contributed by atoms with Crippen molar-refractivity contribution in [2.75, 3.05) is 23.3 Å². The summed E-state index contributed by atoms with van der Waals surface area (Å²) >= 11 is 0. The molecular weight excluding hydrogens is 339 g/mol. The molecule has 1 aliphatic rings. The number of aryl methyl sites for hydroxylation is 2. The van der Waals surface area contributed by atoms with Crippen LogP contribution >= 0.6 is 0 Å². The molecule has 1 heterocycles. The van der Waals surface area contributed by atoms with Gasteiger partial charge in [-0.15, -0.1) is 0 Å². The monoisotopic (exact) mass is 370 g/mol. The number of aliphatic hydroxyl groups is 1. The summed E-state index contributed by atoms with van der Waals surface area (Å²) in [5.41, 5.74) is 6.68. The molecule has 3 rings (SSSR count). The molecule has 0 saturated carbocycles. The van der Waals surface area contributed by atoms with E-state index in [-0.39, 0.29) is 11.9 Å². The lowest BCUT2D eigenvalue weighted by atomic mass is 9.94. The maximum Gasteiger partial charge on any atom is 0.128 e. The van der Waals surface area contributed by atoms with Gasteiger partial charge < -0.3 is 15.3 Å². The van der Waals surface area contributed by atoms with Gasteiger partial charge in [-0.2, -0.15) is 0 Å². The first kappa shape index (κ1) is 19.7. The van der Waals surface area contributed by atoms with Gasteiger partial charge in [0.15, 0.2) is 0 Å². The van der Waals surface area contributed by atoms with E-state index in [4.69, 9.17) is 0 Å². The number of aliphatic hydroxyl groups excluding tert-OH is 1. The lowest BCUT2D eigenvalue weighted by molar-refractivity contribution is 0.199. The Morgan fingerprint density at radius 3 is 2.70 bits per heavy atom. The highest BCUT2D eigenvalue weighted by atomic mass is 19.1. The fourth-order valence-electron chi connectivity index (χ4n) is 4.03. The number of anilines is 2. The minimum atomic E-state index is -0.346. The molecule has 0 aromatic heterocycles. The Kier molecular flexibility index (Phi) is 6.38. The van der Waals surface area contributed by atoms with Crippen LogP contribution in [0.4, 0.5) is 15.8 Å². The summed E-state index contributed by atoms with van der Waals surface area (Å²) in [5, 5.41) is 13.2. The molecule has 2 N–H and O–H groups in total. The number of nitrogens with one attached hydrogen (secondary N) is 1. The molecule has 1 aliphatic heterocycles. The molecule has 0 fully saturated rings. The molecule has 3 nitrogen and oxygen atoms in total. The van der Waals surface area contributed by atoms with Gasteiger partial charge in [-0.3, -0.25) is 0 Å². The van der Waals surface area contributed by atoms with Crippen LogP contribution in [0, 0.1) is 12.7 Å². The van der Waals surface area contributed by atoms with Crippen molar-refractivity contribution in [3.8, 4) is 0 Å². The van der Waals surface area contributed by atoms with Crippen molar-refractivity contribution < 1.29 is 9.50 Å². The van der Waals surface area contributed by atoms with Crippen LogP contribution in [0.1, 0.15) is 48.9 Å². The summed E-state index contributed by atoms with van der Waals surface area (Å²) < 4.78 is 14.2. The Balaban J connectivity index is 1.77. The number of nitrogens with zero attached hydrogens (tertiary/aromatic N) is 1. The number of halogens is 1. The van der Waals surface area contributed by atoms with E-state index in [1.54, 1.807) is 6.07 Å². The van der Waals surface area contributed by atoms with E-state index in [0.29, 0.717) is 13.1 Å². The standard InChI is InChI=1S/C23H31FN2O/c1-4-6-18-10-11-21(13-22(18)24)25-14-20-9-8-19-7-5-12-26(15-16(2)27)23(19)17(20)3/h8-11,13,16,25,27H,4-7,12,14-15H2,1-3H3. The highest BCUT2D eigenvalue weighted by Crippen LogP contribution is 2.33. The van der Waals surface area contributed by atoms with Gasteiger partial charge in [0.2, 0.25) is 0 Å². The van der Waals surface area contributed by atoms with E-state index in [9.17, 15) is 9.50 Å². The Hall–Kier alpha value is -2.07. The van der Waals surface area contributed by atoms with Crippen molar-refractivity contribution in [3.63, 3.8) is 0 Å². The van der Waals surface area contributed by atoms with E-state index in [1.807, 2.05) is 19.1 Å². The van der Waals surface area contributed by atoms with Crippen LogP contribution in [-0.4, -0.2) is 24.3 Å². The van der Waals surface area contributed by atoms with Gasteiger partial charge in [0, 0.05) is 31.0 Å². The molecule has 2 aromatic rings. The van der Waals surface area contributed by atoms with Crippen molar-refractivity contribution in [1.82, 2.24) is 0 Å². The van der Waals surface area contributed by atoms with Gasteiger partial charge in [-0.1, -0.05) is 31.5 Å². The summed E-state index contributed by atoms with van der Waals surface area (Å²) in [6.07, 6.45) is 3.59. The largest absolute Gasteiger partial charge is 0.392 e. The molecule has 0 amide bonds. The van der Waals surface area contributed by atoms with Crippen molar-refractivity contribution in [2.24, 2.45) is 0 Å². The van der Waals surface area contributed by atoms with Gasteiger partial charge in [0.25, 0.3) is 0 Å². The fraction of sp³-hybridized carbons (Fsp3) is 0.478. The predicted octanol–water partition coefficient (Wildman–Crippen LogP) is 4.83. The van der Waals surface area contributed by atoms with Gasteiger partial charge in [0.05, 0.1) is 6.10 Å². The molecule has 0 aliphatic carbocycles. The quantitative estimate of drug-likeness (QED) is 0.733. The van der Waals surface area contributed by atoms with Crippen LogP contribution in [-0.2, 0) is 19.4 Å². The number of hydrogen-bond donors (Lipinski definition) is 2. The Labute approximate surface area is 162 Å². The maximum atomic E-state index is 14.2. The van der Waals surface area contributed by atoms with Crippen LogP contribution in [0.25, 0.3) is 0 Å². The number of β-amino-alcohol motifs (C(OH)–C–C–N with tert-alkyl or cyclic N) is 1. The second-order valence-electron chi connectivity index (χ2n) is 7.67. The summed E-state index contributed by atoms with van der Waals surface area (Å²) in [4.78, 5) is 2.31. The van der Waals surface area contributed by atoms with E-state index < -0.39 is 0 Å². The minimum absolute atomic E-state index is 0.132. The molecule has 0 saturated heterocycles. The average molecular weight is 371 g/mol. The van der Waals surface area contributed by atoms with E-state index in [2.05, 4.69) is 36.2 Å². The van der Waals surface area contributed by atoms with Crippen LogP contribution in [0.5, 0.6) is 0 Å². The van der Waals surface area contributed by atoms with Crippen LogP contribution < -0.4 is 10.2 Å². The molecule has 0 radical (unpaired) electrons. The molecule has 1 unspecified atom stereocenters. The van der Waals surface area contributed by atoms with Gasteiger partial charge in [-0.05, 0) is 67.5 Å². The van der Waals surface area contributed by atoms with Crippen molar-refractivity contribution in [2.45, 2.75) is 59.1 Å². The van der Waals surface area contributed by atoms with E-state index in [0.717, 1.165) is 43.5 Å². The van der Waals surface area contributed by atoms with Gasteiger partial charge in [0.1, 0.15) is 5.82 Å². The maximum absolute atomic E-state index is 14.2. The van der Waals surface area contributed by atoms with Crippen molar-refractivity contribution >= 4 is 11.4 Å². The highest BCUT2D eigenvalue weighted by Gasteiger charge is 2.21. The molecule has 1 atom stereocenters. The van der Waals surface area contributed by atoms with Crippen LogP contribution in [0.3, 0.4) is 0 Å². The Morgan fingerprint density at radius 2 is 2.00 bits per heavy atom. The molecule has 0 spiro atoms. The second-order valence-corrected chi connectivity index (χ2v) is 7.67. The van der Waals surface area contributed by atoms with Gasteiger partial charge >= 0.3 is 0 Å². The zero-order valence-electron chi connectivity index (χ0n) is 16.7. The van der Waals surface area contributed by atoms with E-state index >= 15 is 0 Å². The van der Waals surface area contributed by atoms with Crippen LogP contribution in [0.15, 0.2) is 30.3 Å². The van der Waals surface area contributed by atoms with E-state index in [1.165, 1.54) is 22.4 Å². The molecule has 27 heavy (non-hydrogen) atoms. The SMILES string of the molecule is CCCc1ccc(NCc2ccc3c(c2C)N(CC(C)O)CCC3)cc1F. The number of benzene rings is 2. The Morgan fingerprint density at radius 1 is 1.22 bits per heavy atom. The smallest absolute Gasteiger partial charge is 0.128 e. The van der Waals surface area contributed by atoms with Crippen LogP contribution in [0.2, 0.25) is 0 Å². The predicted molar refractivity (Wildman–Crippen MR) is 111 cm³/mol. The molecule has 4 heteroatoms. The molecule has 2 aromatic carbocycles. The average Bonchev–Trinajstić information content (AvgIpc) is 2.63. The van der Waals surface area contributed by atoms with Crippen molar-refractivity contribution in [1.29, 1.82) is 0 Å². The molecule has 0 bridgehead atoms. The summed E-state index contributed by atoms with van der Waals surface area (Å²) in [6.45, 7) is 8.36. The Bertz CT molecular complexity index is 788. The normalized spacial score (nSPS) is 14.8. The second kappa shape index (κ2) is 8.75. The minimum Gasteiger partial charge on any atom is -0.392 e. The fourth-order valence-corrected chi connectivity index (χ4v) is 4.03. The first-order valence-electron chi connectivity index (χ1n) is 10.1. The highest BCUT2D eigenvalue weighted by molar-refractivity contribution is 5.64. The van der Waals surface area contributed by atoms with Crippen molar-refractivity contribution in [3.05, 3.63) is 58.4 Å². The zero-order valence-corrected chi connectivity index (χ0v) is 16.7. The topological polar surface area (TPSA) is 35.5 Å². The first-order valence-corrected chi connectivity index (χ1v) is 10.1. The lowest BCUT2D eigenvalue weighted by Crippen LogP contribution is -2.36. The first-order chi connectivity index (χ1) is 13.0. The third kappa shape index (κ3) is 4.62. The van der Waals surface area contributed by atoms with Gasteiger partial charge in [-0.25, -0.2) is 4.39 Å². The summed E-state index contributed by atoms with van der Waals surface area (Å²) in [5.74, 6) is -0.132. The third-order valence-electron chi connectivity index (χ3n) is 5.36. The summed E-state index contributed by atoms with van der Waals surface area (Å²) in [7, 11) is 0. The molecular formula is C23H31FN2O. The number of fused-ring (bicyclic) bond motifs is 1. The zero-order chi connectivity index (χ0) is 19.4. The molecule has 146 valence electrons. The lowest BCUT2D eigenvalue weighted by Gasteiger charge is -2.34. The summed E-state index contributed by atoms with van der Waals surface area (Å²) in [6, 6.07) is 9.82. The number of rotatable bonds is 7.